The Kier molecular flexibility index (Phi) is 3.01. The minimum Gasteiger partial charge on any atom is -0.345 e. The van der Waals surface area contributed by atoms with Crippen molar-refractivity contribution in [2.24, 2.45) is 0 Å². The van der Waals surface area contributed by atoms with E-state index < -0.39 is 0 Å². The summed E-state index contributed by atoms with van der Waals surface area (Å²) in [5, 5.41) is 0. The summed E-state index contributed by atoms with van der Waals surface area (Å²) in [6.45, 7) is 6.01. The van der Waals surface area contributed by atoms with Crippen LogP contribution in [0, 0.1) is 0 Å². The smallest absolute Gasteiger partial charge is 0.254 e. The third-order valence-corrected chi connectivity index (χ3v) is 4.68. The lowest BCUT2D eigenvalue weighted by molar-refractivity contribution is 0.0748. The molecular weight excluding hydrogens is 258 g/mol. The molecule has 1 fully saturated rings. The second-order valence-electron chi connectivity index (χ2n) is 5.47. The van der Waals surface area contributed by atoms with E-state index in [1.807, 2.05) is 34.9 Å². The molecule has 2 heterocycles. The predicted octanol–water partition coefficient (Wildman–Crippen LogP) is 2.53. The van der Waals surface area contributed by atoms with E-state index >= 15 is 0 Å². The van der Waals surface area contributed by atoms with Gasteiger partial charge in [0.05, 0.1) is 17.4 Å². The summed E-state index contributed by atoms with van der Waals surface area (Å²) in [6.07, 6.45) is 1.65. The molecular formula is C14H17N3OS. The molecule has 1 saturated heterocycles. The number of imidazole rings is 1. The maximum Gasteiger partial charge on any atom is 0.254 e. The molecule has 0 saturated carbocycles. The van der Waals surface area contributed by atoms with Crippen LogP contribution in [0.1, 0.15) is 24.2 Å². The largest absolute Gasteiger partial charge is 0.345 e. The van der Waals surface area contributed by atoms with Crippen LogP contribution in [0.2, 0.25) is 0 Å². The van der Waals surface area contributed by atoms with E-state index in [4.69, 9.17) is 0 Å². The van der Waals surface area contributed by atoms with Gasteiger partial charge in [-0.2, -0.15) is 11.8 Å². The second-order valence-corrected chi connectivity index (χ2v) is 7.27. The monoisotopic (exact) mass is 275 g/mol. The second kappa shape index (κ2) is 4.56. The van der Waals surface area contributed by atoms with Crippen LogP contribution < -0.4 is 0 Å². The highest BCUT2D eigenvalue weighted by Crippen LogP contribution is 2.30. The van der Waals surface area contributed by atoms with Gasteiger partial charge in [0.25, 0.3) is 5.91 Å². The van der Waals surface area contributed by atoms with Crippen molar-refractivity contribution in [1.82, 2.24) is 14.9 Å². The fourth-order valence-electron chi connectivity index (χ4n) is 2.44. The highest BCUT2D eigenvalue weighted by Gasteiger charge is 2.30. The van der Waals surface area contributed by atoms with Crippen LogP contribution in [-0.2, 0) is 0 Å². The molecule has 0 bridgehead atoms. The molecule has 0 radical (unpaired) electrons. The lowest BCUT2D eigenvalue weighted by Crippen LogP contribution is -2.46. The molecule has 1 amide bonds. The van der Waals surface area contributed by atoms with Gasteiger partial charge in [-0.1, -0.05) is 0 Å². The highest BCUT2D eigenvalue weighted by molar-refractivity contribution is 8.00. The van der Waals surface area contributed by atoms with Gasteiger partial charge in [-0.25, -0.2) is 4.98 Å². The molecule has 1 N–H and O–H groups in total. The molecule has 1 aliphatic rings. The number of nitrogens with one attached hydrogen (secondary N) is 1. The summed E-state index contributed by atoms with van der Waals surface area (Å²) >= 11 is 1.93. The summed E-state index contributed by atoms with van der Waals surface area (Å²) < 4.78 is 0.145. The van der Waals surface area contributed by atoms with Gasteiger partial charge in [0, 0.05) is 29.2 Å². The van der Waals surface area contributed by atoms with Crippen molar-refractivity contribution in [2.45, 2.75) is 18.6 Å². The summed E-state index contributed by atoms with van der Waals surface area (Å²) in [6, 6.07) is 5.64. The number of H-pyrrole nitrogens is 1. The van der Waals surface area contributed by atoms with E-state index in [1.54, 1.807) is 6.33 Å². The molecule has 1 aliphatic heterocycles. The van der Waals surface area contributed by atoms with Crippen LogP contribution in [0.15, 0.2) is 24.5 Å². The molecule has 2 aromatic rings. The molecule has 1 aromatic heterocycles. The van der Waals surface area contributed by atoms with Gasteiger partial charge in [0.15, 0.2) is 0 Å². The molecule has 100 valence electrons. The van der Waals surface area contributed by atoms with E-state index in [1.165, 1.54) is 0 Å². The normalized spacial score (nSPS) is 18.7. The number of aromatic amines is 1. The number of carbonyl (C=O) groups is 1. The quantitative estimate of drug-likeness (QED) is 0.870. The summed E-state index contributed by atoms with van der Waals surface area (Å²) in [5.74, 6) is 1.12. The van der Waals surface area contributed by atoms with Crippen LogP contribution in [0.25, 0.3) is 11.0 Å². The fourth-order valence-corrected chi connectivity index (χ4v) is 3.55. The SMILES string of the molecule is CC1(C)CN(C(=O)c2ccc3nc[nH]c3c2)CCS1. The fraction of sp³-hybridized carbons (Fsp3) is 0.429. The molecule has 0 atom stereocenters. The first-order chi connectivity index (χ1) is 9.05. The van der Waals surface area contributed by atoms with Gasteiger partial charge in [0.1, 0.15) is 0 Å². The third-order valence-electron chi connectivity index (χ3n) is 3.38. The number of carbonyl (C=O) groups excluding carboxylic acids is 1. The van der Waals surface area contributed by atoms with Gasteiger partial charge < -0.3 is 9.88 Å². The first kappa shape index (κ1) is 12.5. The highest BCUT2D eigenvalue weighted by atomic mass is 32.2. The van der Waals surface area contributed by atoms with E-state index in [0.29, 0.717) is 0 Å². The zero-order chi connectivity index (χ0) is 13.5. The van der Waals surface area contributed by atoms with Gasteiger partial charge in [-0.3, -0.25) is 4.79 Å². The Balaban J connectivity index is 1.86. The third kappa shape index (κ3) is 2.47. The molecule has 1 aromatic carbocycles. The summed E-state index contributed by atoms with van der Waals surface area (Å²) in [5.41, 5.74) is 2.54. The van der Waals surface area contributed by atoms with Crippen molar-refractivity contribution in [3.63, 3.8) is 0 Å². The number of nitrogens with zero attached hydrogens (tertiary/aromatic N) is 2. The maximum atomic E-state index is 12.5. The lowest BCUT2D eigenvalue weighted by Gasteiger charge is -2.37. The van der Waals surface area contributed by atoms with Crippen molar-refractivity contribution in [1.29, 1.82) is 0 Å². The molecule has 5 heteroatoms. The van der Waals surface area contributed by atoms with Crippen LogP contribution in [0.3, 0.4) is 0 Å². The molecule has 4 nitrogen and oxygen atoms in total. The Labute approximate surface area is 116 Å². The van der Waals surface area contributed by atoms with Gasteiger partial charge in [-0.15, -0.1) is 0 Å². The number of amides is 1. The number of fused-ring (bicyclic) bond motifs is 1. The minimum absolute atomic E-state index is 0.116. The number of hydrogen-bond donors (Lipinski definition) is 1. The van der Waals surface area contributed by atoms with Gasteiger partial charge in [-0.05, 0) is 32.0 Å². The van der Waals surface area contributed by atoms with Crippen LogP contribution in [0.5, 0.6) is 0 Å². The van der Waals surface area contributed by atoms with Crippen molar-refractivity contribution in [3.05, 3.63) is 30.1 Å². The Bertz CT molecular complexity index is 620. The standard InChI is InChI=1S/C14H17N3OS/c1-14(2)8-17(5-6-19-14)13(18)10-3-4-11-12(7-10)16-9-15-11/h3-4,7,9H,5-6,8H2,1-2H3,(H,15,16). The summed E-state index contributed by atoms with van der Waals surface area (Å²) in [4.78, 5) is 21.7. The number of benzene rings is 1. The van der Waals surface area contributed by atoms with Crippen LogP contribution >= 0.6 is 11.8 Å². The Hall–Kier alpha value is -1.49. The minimum atomic E-state index is 0.116. The van der Waals surface area contributed by atoms with Crippen molar-refractivity contribution in [2.75, 3.05) is 18.8 Å². The molecule has 3 rings (SSSR count). The topological polar surface area (TPSA) is 49.0 Å². The van der Waals surface area contributed by atoms with E-state index in [9.17, 15) is 4.79 Å². The molecule has 19 heavy (non-hydrogen) atoms. The predicted molar refractivity (Wildman–Crippen MR) is 78.5 cm³/mol. The van der Waals surface area contributed by atoms with E-state index in [-0.39, 0.29) is 10.7 Å². The molecule has 0 spiro atoms. The van der Waals surface area contributed by atoms with E-state index in [2.05, 4.69) is 23.8 Å². The first-order valence-electron chi connectivity index (χ1n) is 6.42. The van der Waals surface area contributed by atoms with Crippen molar-refractivity contribution >= 4 is 28.7 Å². The van der Waals surface area contributed by atoms with Crippen molar-refractivity contribution in [3.8, 4) is 0 Å². The van der Waals surface area contributed by atoms with Crippen LogP contribution in [-0.4, -0.2) is 44.4 Å². The Morgan fingerprint density at radius 1 is 1.47 bits per heavy atom. The molecule has 0 aliphatic carbocycles. The Morgan fingerprint density at radius 2 is 2.32 bits per heavy atom. The number of rotatable bonds is 1. The van der Waals surface area contributed by atoms with Crippen molar-refractivity contribution < 1.29 is 4.79 Å². The number of hydrogen-bond acceptors (Lipinski definition) is 3. The van der Waals surface area contributed by atoms with Gasteiger partial charge >= 0.3 is 0 Å². The Morgan fingerprint density at radius 3 is 3.11 bits per heavy atom. The van der Waals surface area contributed by atoms with Crippen LogP contribution in [0.4, 0.5) is 0 Å². The van der Waals surface area contributed by atoms with E-state index in [0.717, 1.165) is 35.4 Å². The summed E-state index contributed by atoms with van der Waals surface area (Å²) in [7, 11) is 0. The average molecular weight is 275 g/mol. The zero-order valence-electron chi connectivity index (χ0n) is 11.1. The number of thioether (sulfide) groups is 1. The average Bonchev–Trinajstić information content (AvgIpc) is 2.83. The first-order valence-corrected chi connectivity index (χ1v) is 7.40. The van der Waals surface area contributed by atoms with Gasteiger partial charge in [0.2, 0.25) is 0 Å². The molecule has 0 unspecified atom stereocenters. The maximum absolute atomic E-state index is 12.5. The number of aromatic nitrogens is 2. The lowest BCUT2D eigenvalue weighted by atomic mass is 10.1. The zero-order valence-corrected chi connectivity index (χ0v) is 12.0.